The van der Waals surface area contributed by atoms with Crippen molar-refractivity contribution in [2.24, 2.45) is 0 Å². The average Bonchev–Trinajstić information content (AvgIpc) is 2.10. The molecule has 78 valence electrons. The SMILES string of the molecule is CCOC(=O)/C=C1\CC/C=C\CCC1. The van der Waals surface area contributed by atoms with Gasteiger partial charge >= 0.3 is 5.97 Å². The van der Waals surface area contributed by atoms with Crippen molar-refractivity contribution < 1.29 is 9.53 Å². The molecule has 1 rings (SSSR count). The maximum absolute atomic E-state index is 11.2. The summed E-state index contributed by atoms with van der Waals surface area (Å²) in [7, 11) is 0. The van der Waals surface area contributed by atoms with E-state index in [0.29, 0.717) is 6.61 Å². The first-order valence-corrected chi connectivity index (χ1v) is 5.34. The van der Waals surface area contributed by atoms with Crippen LogP contribution in [0.4, 0.5) is 0 Å². The van der Waals surface area contributed by atoms with Crippen LogP contribution in [0.2, 0.25) is 0 Å². The van der Waals surface area contributed by atoms with Gasteiger partial charge in [0.25, 0.3) is 0 Å². The van der Waals surface area contributed by atoms with Crippen LogP contribution in [0, 0.1) is 0 Å². The summed E-state index contributed by atoms with van der Waals surface area (Å²) in [4.78, 5) is 11.2. The lowest BCUT2D eigenvalue weighted by Crippen LogP contribution is -2.01. The van der Waals surface area contributed by atoms with Gasteiger partial charge in [-0.15, -0.1) is 0 Å². The molecule has 1 aliphatic carbocycles. The number of esters is 1. The topological polar surface area (TPSA) is 26.3 Å². The van der Waals surface area contributed by atoms with Gasteiger partial charge in [-0.05, 0) is 39.0 Å². The molecule has 0 radical (unpaired) electrons. The van der Waals surface area contributed by atoms with Crippen molar-refractivity contribution in [3.8, 4) is 0 Å². The van der Waals surface area contributed by atoms with Crippen LogP contribution in [0.15, 0.2) is 23.8 Å². The number of hydrogen-bond donors (Lipinski definition) is 0. The van der Waals surface area contributed by atoms with Gasteiger partial charge in [0.15, 0.2) is 0 Å². The molecule has 2 heteroatoms. The molecular weight excluding hydrogens is 176 g/mol. The van der Waals surface area contributed by atoms with Crippen molar-refractivity contribution in [1.82, 2.24) is 0 Å². The molecule has 0 amide bonds. The molecule has 0 bridgehead atoms. The number of hydrogen-bond acceptors (Lipinski definition) is 2. The Morgan fingerprint density at radius 1 is 1.43 bits per heavy atom. The van der Waals surface area contributed by atoms with Crippen LogP contribution in [0.5, 0.6) is 0 Å². The van der Waals surface area contributed by atoms with Crippen molar-refractivity contribution in [1.29, 1.82) is 0 Å². The molecule has 0 spiro atoms. The molecule has 14 heavy (non-hydrogen) atoms. The Kier molecular flexibility index (Phi) is 5.05. The zero-order valence-corrected chi connectivity index (χ0v) is 8.79. The van der Waals surface area contributed by atoms with Crippen molar-refractivity contribution in [2.45, 2.75) is 39.0 Å². The first kappa shape index (κ1) is 11.0. The second-order valence-electron chi connectivity index (χ2n) is 3.46. The Balaban J connectivity index is 2.48. The minimum Gasteiger partial charge on any atom is -0.463 e. The van der Waals surface area contributed by atoms with Crippen LogP contribution in [0.3, 0.4) is 0 Å². The molecule has 0 aromatic carbocycles. The van der Waals surface area contributed by atoms with Crippen molar-refractivity contribution in [3.63, 3.8) is 0 Å². The summed E-state index contributed by atoms with van der Waals surface area (Å²) in [6.07, 6.45) is 11.4. The van der Waals surface area contributed by atoms with Gasteiger partial charge in [0.05, 0.1) is 6.61 Å². The third kappa shape index (κ3) is 4.26. The Morgan fingerprint density at radius 3 is 3.00 bits per heavy atom. The summed E-state index contributed by atoms with van der Waals surface area (Å²) in [5, 5.41) is 0. The van der Waals surface area contributed by atoms with Crippen molar-refractivity contribution in [2.75, 3.05) is 6.61 Å². The van der Waals surface area contributed by atoms with Crippen LogP contribution >= 0.6 is 0 Å². The van der Waals surface area contributed by atoms with Crippen LogP contribution in [-0.2, 0) is 9.53 Å². The van der Waals surface area contributed by atoms with E-state index in [1.54, 1.807) is 6.08 Å². The maximum Gasteiger partial charge on any atom is 0.330 e. The first-order valence-electron chi connectivity index (χ1n) is 5.34. The normalized spacial score (nSPS) is 22.5. The fourth-order valence-electron chi connectivity index (χ4n) is 1.57. The first-order chi connectivity index (χ1) is 6.83. The highest BCUT2D eigenvalue weighted by Crippen LogP contribution is 2.17. The van der Waals surface area contributed by atoms with Gasteiger partial charge in [-0.2, -0.15) is 0 Å². The van der Waals surface area contributed by atoms with Gasteiger partial charge in [-0.3, -0.25) is 0 Å². The molecular formula is C12H18O2. The largest absolute Gasteiger partial charge is 0.463 e. The third-order valence-corrected chi connectivity index (χ3v) is 2.28. The molecule has 1 aliphatic rings. The predicted molar refractivity (Wildman–Crippen MR) is 56.9 cm³/mol. The van der Waals surface area contributed by atoms with E-state index in [4.69, 9.17) is 4.74 Å². The molecule has 0 unspecified atom stereocenters. The molecule has 2 nitrogen and oxygen atoms in total. The van der Waals surface area contributed by atoms with E-state index >= 15 is 0 Å². The smallest absolute Gasteiger partial charge is 0.330 e. The van der Waals surface area contributed by atoms with E-state index in [1.807, 2.05) is 6.92 Å². The summed E-state index contributed by atoms with van der Waals surface area (Å²) in [6.45, 7) is 2.29. The van der Waals surface area contributed by atoms with Crippen molar-refractivity contribution in [3.05, 3.63) is 23.8 Å². The Bertz CT molecular complexity index is 239. The Hall–Kier alpha value is -1.05. The second-order valence-corrected chi connectivity index (χ2v) is 3.46. The van der Waals surface area contributed by atoms with Crippen molar-refractivity contribution >= 4 is 5.97 Å². The second kappa shape index (κ2) is 6.41. The lowest BCUT2D eigenvalue weighted by Gasteiger charge is -2.07. The van der Waals surface area contributed by atoms with Gasteiger partial charge in [0, 0.05) is 6.08 Å². The molecule has 0 fully saturated rings. The van der Waals surface area contributed by atoms with E-state index in [1.165, 1.54) is 5.57 Å². The number of carbonyl (C=O) groups excluding carboxylic acids is 1. The predicted octanol–water partition coefficient (Wildman–Crippen LogP) is 3.00. The van der Waals surface area contributed by atoms with Crippen LogP contribution in [0.25, 0.3) is 0 Å². The molecule has 0 aromatic rings. The van der Waals surface area contributed by atoms with E-state index in [-0.39, 0.29) is 5.97 Å². The minimum absolute atomic E-state index is 0.188. The fourth-order valence-corrected chi connectivity index (χ4v) is 1.57. The van der Waals surface area contributed by atoms with Crippen LogP contribution in [0.1, 0.15) is 39.0 Å². The van der Waals surface area contributed by atoms with Gasteiger partial charge < -0.3 is 4.74 Å². The Labute approximate surface area is 85.6 Å². The fraction of sp³-hybridized carbons (Fsp3) is 0.583. The maximum atomic E-state index is 11.2. The van der Waals surface area contributed by atoms with Crippen LogP contribution < -0.4 is 0 Å². The number of carbonyl (C=O) groups is 1. The highest BCUT2D eigenvalue weighted by Gasteiger charge is 2.03. The van der Waals surface area contributed by atoms with E-state index in [9.17, 15) is 4.79 Å². The quantitative estimate of drug-likeness (QED) is 0.384. The summed E-state index contributed by atoms with van der Waals surface area (Å²) in [5.74, 6) is -0.188. The number of allylic oxidation sites excluding steroid dienone is 3. The van der Waals surface area contributed by atoms with Gasteiger partial charge in [-0.1, -0.05) is 17.7 Å². The number of ether oxygens (including phenoxy) is 1. The number of rotatable bonds is 2. The highest BCUT2D eigenvalue weighted by molar-refractivity contribution is 5.82. The van der Waals surface area contributed by atoms with E-state index in [0.717, 1.165) is 32.1 Å². The molecule has 0 atom stereocenters. The summed E-state index contributed by atoms with van der Waals surface area (Å²) in [5.41, 5.74) is 1.23. The molecule has 0 saturated heterocycles. The third-order valence-electron chi connectivity index (χ3n) is 2.28. The van der Waals surface area contributed by atoms with Gasteiger partial charge in [0.2, 0.25) is 0 Å². The molecule has 0 aromatic heterocycles. The molecule has 0 heterocycles. The van der Waals surface area contributed by atoms with E-state index in [2.05, 4.69) is 12.2 Å². The van der Waals surface area contributed by atoms with Crippen LogP contribution in [-0.4, -0.2) is 12.6 Å². The lowest BCUT2D eigenvalue weighted by molar-refractivity contribution is -0.137. The van der Waals surface area contributed by atoms with E-state index < -0.39 is 0 Å². The summed E-state index contributed by atoms with van der Waals surface area (Å²) >= 11 is 0. The molecule has 0 saturated carbocycles. The highest BCUT2D eigenvalue weighted by atomic mass is 16.5. The average molecular weight is 194 g/mol. The van der Waals surface area contributed by atoms with Gasteiger partial charge in [-0.25, -0.2) is 4.79 Å². The minimum atomic E-state index is -0.188. The Morgan fingerprint density at radius 2 is 2.21 bits per heavy atom. The summed E-state index contributed by atoms with van der Waals surface area (Å²) in [6, 6.07) is 0. The molecule has 0 aliphatic heterocycles. The monoisotopic (exact) mass is 194 g/mol. The zero-order chi connectivity index (χ0) is 10.2. The lowest BCUT2D eigenvalue weighted by atomic mass is 10.00. The standard InChI is InChI=1S/C12H18O2/c1-2-14-12(13)10-11-8-6-4-3-5-7-9-11/h3-4,10H,2,5-9H2,1H3/b4-3-,11-10+. The summed E-state index contributed by atoms with van der Waals surface area (Å²) < 4.78 is 4.88. The zero-order valence-electron chi connectivity index (χ0n) is 8.79. The molecule has 0 N–H and O–H groups in total. The van der Waals surface area contributed by atoms with Gasteiger partial charge in [0.1, 0.15) is 0 Å².